The second kappa shape index (κ2) is 6.52. The average molecular weight is 334 g/mol. The van der Waals surface area contributed by atoms with E-state index >= 15 is 0 Å². The normalized spacial score (nSPS) is 10.2. The Morgan fingerprint density at radius 2 is 2.00 bits per heavy atom. The number of benzene rings is 1. The second-order valence-corrected chi connectivity index (χ2v) is 5.22. The molecule has 0 aliphatic rings. The summed E-state index contributed by atoms with van der Waals surface area (Å²) in [6.45, 7) is 2.10. The Morgan fingerprint density at radius 1 is 1.30 bits per heavy atom. The molecular formula is C15H16BrN3O. The first-order chi connectivity index (χ1) is 9.63. The smallest absolute Gasteiger partial charge is 0.259 e. The third-order valence-corrected chi connectivity index (χ3v) is 3.39. The van der Waals surface area contributed by atoms with Crippen LogP contribution in [0.2, 0.25) is 0 Å². The number of anilines is 2. The first kappa shape index (κ1) is 14.5. The van der Waals surface area contributed by atoms with Crippen LogP contribution in [0.1, 0.15) is 22.8 Å². The van der Waals surface area contributed by atoms with Crippen molar-refractivity contribution in [3.05, 3.63) is 52.1 Å². The minimum atomic E-state index is -0.188. The first-order valence-corrected chi connectivity index (χ1v) is 7.17. The fourth-order valence-electron chi connectivity index (χ4n) is 1.83. The highest BCUT2D eigenvalue weighted by atomic mass is 79.9. The van der Waals surface area contributed by atoms with Crippen LogP contribution in [0.15, 0.2) is 41.0 Å². The summed E-state index contributed by atoms with van der Waals surface area (Å²) in [5.41, 5.74) is 2.51. The lowest BCUT2D eigenvalue weighted by atomic mass is 10.1. The molecule has 0 aliphatic heterocycles. The molecule has 0 unspecified atom stereocenters. The molecule has 2 aromatic rings. The molecule has 0 saturated heterocycles. The molecule has 1 amide bonds. The third-order valence-electron chi connectivity index (χ3n) is 2.96. The number of halogens is 1. The van der Waals surface area contributed by atoms with Crippen LogP contribution in [0.5, 0.6) is 0 Å². The zero-order chi connectivity index (χ0) is 14.5. The number of hydrogen-bond donors (Lipinski definition) is 2. The Hall–Kier alpha value is -1.88. The molecule has 1 aromatic heterocycles. The van der Waals surface area contributed by atoms with Gasteiger partial charge in [-0.1, -0.05) is 19.1 Å². The summed E-state index contributed by atoms with van der Waals surface area (Å²) >= 11 is 3.33. The molecule has 0 saturated carbocycles. The van der Waals surface area contributed by atoms with Gasteiger partial charge in [0.1, 0.15) is 5.82 Å². The van der Waals surface area contributed by atoms with Crippen molar-refractivity contribution in [1.29, 1.82) is 0 Å². The quantitative estimate of drug-likeness (QED) is 0.896. The zero-order valence-corrected chi connectivity index (χ0v) is 13.0. The number of nitrogens with one attached hydrogen (secondary N) is 2. The van der Waals surface area contributed by atoms with E-state index in [2.05, 4.69) is 38.5 Å². The maximum Gasteiger partial charge on any atom is 0.259 e. The zero-order valence-electron chi connectivity index (χ0n) is 11.4. The van der Waals surface area contributed by atoms with Crippen LogP contribution in [-0.2, 0) is 6.42 Å². The molecule has 2 N–H and O–H groups in total. The SMILES string of the molecule is CCc1ccc(NC(=O)c2cc(Br)cnc2NC)cc1. The van der Waals surface area contributed by atoms with E-state index in [1.165, 1.54) is 5.56 Å². The molecule has 1 aromatic carbocycles. The van der Waals surface area contributed by atoms with Gasteiger partial charge in [0.25, 0.3) is 5.91 Å². The lowest BCUT2D eigenvalue weighted by Crippen LogP contribution is -2.14. The lowest BCUT2D eigenvalue weighted by molar-refractivity contribution is 0.102. The average Bonchev–Trinajstić information content (AvgIpc) is 2.48. The number of pyridine rings is 1. The Balaban J connectivity index is 2.20. The molecule has 0 spiro atoms. The number of aryl methyl sites for hydroxylation is 1. The lowest BCUT2D eigenvalue weighted by Gasteiger charge is -2.10. The molecule has 2 rings (SSSR count). The second-order valence-electron chi connectivity index (χ2n) is 4.30. The maximum absolute atomic E-state index is 12.3. The van der Waals surface area contributed by atoms with Gasteiger partial charge >= 0.3 is 0 Å². The van der Waals surface area contributed by atoms with Crippen LogP contribution in [0.25, 0.3) is 0 Å². The monoisotopic (exact) mass is 333 g/mol. The molecular weight excluding hydrogens is 318 g/mol. The van der Waals surface area contributed by atoms with Crippen molar-refractivity contribution >= 4 is 33.3 Å². The first-order valence-electron chi connectivity index (χ1n) is 6.37. The predicted molar refractivity (Wildman–Crippen MR) is 85.3 cm³/mol. The van der Waals surface area contributed by atoms with Gasteiger partial charge < -0.3 is 10.6 Å². The van der Waals surface area contributed by atoms with Crippen LogP contribution in [0.4, 0.5) is 11.5 Å². The van der Waals surface area contributed by atoms with Crippen molar-refractivity contribution in [3.63, 3.8) is 0 Å². The summed E-state index contributed by atoms with van der Waals surface area (Å²) < 4.78 is 0.767. The van der Waals surface area contributed by atoms with Gasteiger partial charge in [-0.2, -0.15) is 0 Å². The number of carbonyl (C=O) groups excluding carboxylic acids is 1. The minimum Gasteiger partial charge on any atom is -0.372 e. The van der Waals surface area contributed by atoms with Crippen molar-refractivity contribution in [1.82, 2.24) is 4.98 Å². The number of hydrogen-bond acceptors (Lipinski definition) is 3. The topological polar surface area (TPSA) is 54.0 Å². The van der Waals surface area contributed by atoms with Crippen molar-refractivity contribution in [2.24, 2.45) is 0 Å². The summed E-state index contributed by atoms with van der Waals surface area (Å²) in [5, 5.41) is 5.79. The molecule has 4 nitrogen and oxygen atoms in total. The Kier molecular flexibility index (Phi) is 4.74. The number of amides is 1. The van der Waals surface area contributed by atoms with E-state index in [0.717, 1.165) is 16.6 Å². The van der Waals surface area contributed by atoms with Gasteiger partial charge in [0.05, 0.1) is 5.56 Å². The highest BCUT2D eigenvalue weighted by Crippen LogP contribution is 2.19. The molecule has 0 fully saturated rings. The van der Waals surface area contributed by atoms with Crippen molar-refractivity contribution in [2.75, 3.05) is 17.7 Å². The van der Waals surface area contributed by atoms with E-state index in [9.17, 15) is 4.79 Å². The van der Waals surface area contributed by atoms with Gasteiger partial charge in [-0.05, 0) is 46.1 Å². The van der Waals surface area contributed by atoms with Crippen LogP contribution in [-0.4, -0.2) is 17.9 Å². The molecule has 0 radical (unpaired) electrons. The summed E-state index contributed by atoms with van der Waals surface area (Å²) in [5.74, 6) is 0.364. The molecule has 1 heterocycles. The van der Waals surface area contributed by atoms with Gasteiger partial charge in [-0.25, -0.2) is 4.98 Å². The molecule has 0 atom stereocenters. The number of carbonyl (C=O) groups is 1. The molecule has 0 aliphatic carbocycles. The van der Waals surface area contributed by atoms with Gasteiger partial charge in [-0.3, -0.25) is 4.79 Å². The minimum absolute atomic E-state index is 0.188. The van der Waals surface area contributed by atoms with Gasteiger partial charge in [0.15, 0.2) is 0 Å². The van der Waals surface area contributed by atoms with E-state index in [0.29, 0.717) is 11.4 Å². The summed E-state index contributed by atoms with van der Waals surface area (Å²) in [4.78, 5) is 16.5. The highest BCUT2D eigenvalue weighted by Gasteiger charge is 2.12. The van der Waals surface area contributed by atoms with E-state index in [4.69, 9.17) is 0 Å². The van der Waals surface area contributed by atoms with Gasteiger partial charge in [0.2, 0.25) is 0 Å². The summed E-state index contributed by atoms with van der Waals surface area (Å²) in [6, 6.07) is 9.57. The van der Waals surface area contributed by atoms with Gasteiger partial charge in [-0.15, -0.1) is 0 Å². The summed E-state index contributed by atoms with van der Waals surface area (Å²) in [6.07, 6.45) is 2.63. The molecule has 0 bridgehead atoms. The van der Waals surface area contributed by atoms with Crippen LogP contribution in [0.3, 0.4) is 0 Å². The summed E-state index contributed by atoms with van der Waals surface area (Å²) in [7, 11) is 1.74. The number of nitrogens with zero attached hydrogens (tertiary/aromatic N) is 1. The van der Waals surface area contributed by atoms with E-state index in [-0.39, 0.29) is 5.91 Å². The fraction of sp³-hybridized carbons (Fsp3) is 0.200. The van der Waals surface area contributed by atoms with Gasteiger partial charge in [0, 0.05) is 23.4 Å². The molecule has 104 valence electrons. The highest BCUT2D eigenvalue weighted by molar-refractivity contribution is 9.10. The van der Waals surface area contributed by atoms with E-state index in [1.807, 2.05) is 24.3 Å². The predicted octanol–water partition coefficient (Wildman–Crippen LogP) is 3.70. The number of aromatic nitrogens is 1. The van der Waals surface area contributed by atoms with E-state index in [1.54, 1.807) is 19.3 Å². The van der Waals surface area contributed by atoms with Crippen molar-refractivity contribution < 1.29 is 4.79 Å². The largest absolute Gasteiger partial charge is 0.372 e. The van der Waals surface area contributed by atoms with Crippen LogP contribution in [0, 0.1) is 0 Å². The van der Waals surface area contributed by atoms with Crippen molar-refractivity contribution in [2.45, 2.75) is 13.3 Å². The van der Waals surface area contributed by atoms with Crippen LogP contribution >= 0.6 is 15.9 Å². The van der Waals surface area contributed by atoms with Crippen LogP contribution < -0.4 is 10.6 Å². The fourth-order valence-corrected chi connectivity index (χ4v) is 2.17. The Labute approximate surface area is 126 Å². The molecule has 5 heteroatoms. The molecule has 20 heavy (non-hydrogen) atoms. The third kappa shape index (κ3) is 3.36. The standard InChI is InChI=1S/C15H16BrN3O/c1-3-10-4-6-12(7-5-10)19-15(20)13-8-11(16)9-18-14(13)17-2/h4-9H,3H2,1-2H3,(H,17,18)(H,19,20). The number of rotatable bonds is 4. The Bertz CT molecular complexity index is 611. The van der Waals surface area contributed by atoms with Crippen molar-refractivity contribution in [3.8, 4) is 0 Å². The van der Waals surface area contributed by atoms with E-state index < -0.39 is 0 Å². The maximum atomic E-state index is 12.3. The Morgan fingerprint density at radius 3 is 2.60 bits per heavy atom.